The Morgan fingerprint density at radius 1 is 1.57 bits per heavy atom. The summed E-state index contributed by atoms with van der Waals surface area (Å²) >= 11 is 0. The first kappa shape index (κ1) is 10.7. The van der Waals surface area contributed by atoms with Gasteiger partial charge in [0.1, 0.15) is 0 Å². The molecule has 0 aliphatic carbocycles. The average molecular weight is 193 g/mol. The van der Waals surface area contributed by atoms with Crippen molar-refractivity contribution in [2.45, 2.75) is 26.3 Å². The summed E-state index contributed by atoms with van der Waals surface area (Å²) in [5, 5.41) is 8.89. The number of benzene rings is 1. The van der Waals surface area contributed by atoms with Crippen LogP contribution in [0.15, 0.2) is 18.2 Å². The minimum atomic E-state index is -0.881. The largest absolute Gasteiger partial charge is 0.478 e. The number of carbonyl (C=O) groups is 1. The summed E-state index contributed by atoms with van der Waals surface area (Å²) in [6.07, 6.45) is 0.715. The van der Waals surface area contributed by atoms with Gasteiger partial charge in [0.2, 0.25) is 0 Å². The molecule has 0 aliphatic heterocycles. The molecule has 1 aromatic rings. The van der Waals surface area contributed by atoms with E-state index < -0.39 is 5.97 Å². The van der Waals surface area contributed by atoms with Crippen LogP contribution < -0.4 is 5.73 Å². The van der Waals surface area contributed by atoms with Gasteiger partial charge in [0.25, 0.3) is 0 Å². The van der Waals surface area contributed by atoms with Crippen molar-refractivity contribution in [3.63, 3.8) is 0 Å². The number of hydrogen-bond acceptors (Lipinski definition) is 2. The van der Waals surface area contributed by atoms with E-state index >= 15 is 0 Å². The summed E-state index contributed by atoms with van der Waals surface area (Å²) < 4.78 is 0. The Labute approximate surface area is 83.6 Å². The van der Waals surface area contributed by atoms with Crippen molar-refractivity contribution in [2.75, 3.05) is 0 Å². The summed E-state index contributed by atoms with van der Waals surface area (Å²) in [7, 11) is 0. The molecule has 1 aromatic carbocycles. The topological polar surface area (TPSA) is 63.3 Å². The van der Waals surface area contributed by atoms with Crippen molar-refractivity contribution in [2.24, 2.45) is 5.73 Å². The van der Waals surface area contributed by atoms with E-state index in [0.29, 0.717) is 12.0 Å². The Morgan fingerprint density at radius 3 is 2.71 bits per heavy atom. The summed E-state index contributed by atoms with van der Waals surface area (Å²) in [6.45, 7) is 3.73. The van der Waals surface area contributed by atoms with Crippen LogP contribution in [0.1, 0.15) is 28.4 Å². The van der Waals surface area contributed by atoms with E-state index in [1.807, 2.05) is 19.9 Å². The minimum absolute atomic E-state index is 0.0535. The van der Waals surface area contributed by atoms with Gasteiger partial charge in [0, 0.05) is 6.04 Å². The number of carboxylic acid groups (broad SMARTS) is 1. The van der Waals surface area contributed by atoms with Crippen molar-refractivity contribution in [1.82, 2.24) is 0 Å². The molecular formula is C11H15NO2. The zero-order valence-corrected chi connectivity index (χ0v) is 8.45. The first-order chi connectivity index (χ1) is 6.52. The summed E-state index contributed by atoms with van der Waals surface area (Å²) in [6, 6.07) is 5.35. The van der Waals surface area contributed by atoms with E-state index in [4.69, 9.17) is 10.8 Å². The predicted octanol–water partition coefficient (Wildman–Crippen LogP) is 1.58. The van der Waals surface area contributed by atoms with Crippen LogP contribution >= 0.6 is 0 Å². The van der Waals surface area contributed by atoms with Gasteiger partial charge in [0.15, 0.2) is 0 Å². The zero-order chi connectivity index (χ0) is 10.7. The summed E-state index contributed by atoms with van der Waals surface area (Å²) in [4.78, 5) is 10.8. The number of aromatic carboxylic acids is 1. The van der Waals surface area contributed by atoms with Crippen LogP contribution in [-0.2, 0) is 6.42 Å². The van der Waals surface area contributed by atoms with E-state index in [-0.39, 0.29) is 6.04 Å². The fourth-order valence-electron chi connectivity index (χ4n) is 1.48. The van der Waals surface area contributed by atoms with Crippen LogP contribution in [0.2, 0.25) is 0 Å². The van der Waals surface area contributed by atoms with Crippen molar-refractivity contribution in [3.05, 3.63) is 34.9 Å². The van der Waals surface area contributed by atoms with E-state index in [0.717, 1.165) is 11.1 Å². The van der Waals surface area contributed by atoms with E-state index in [2.05, 4.69) is 0 Å². The normalized spacial score (nSPS) is 12.5. The highest BCUT2D eigenvalue weighted by molar-refractivity contribution is 5.89. The van der Waals surface area contributed by atoms with Gasteiger partial charge in [-0.3, -0.25) is 0 Å². The number of nitrogens with two attached hydrogens (primary N) is 1. The van der Waals surface area contributed by atoms with Crippen LogP contribution in [0.5, 0.6) is 0 Å². The third-order valence-electron chi connectivity index (χ3n) is 2.22. The SMILES string of the molecule is Cc1c(CC(C)N)cccc1C(=O)O. The quantitative estimate of drug-likeness (QED) is 0.766. The number of carboxylic acids is 1. The standard InChI is InChI=1S/C11H15NO2/c1-7(12)6-9-4-3-5-10(8(9)2)11(13)14/h3-5,7H,6,12H2,1-2H3,(H,13,14). The van der Waals surface area contributed by atoms with Crippen molar-refractivity contribution >= 4 is 5.97 Å². The molecule has 0 saturated carbocycles. The second kappa shape index (κ2) is 4.24. The maximum atomic E-state index is 10.8. The maximum Gasteiger partial charge on any atom is 0.335 e. The molecule has 0 saturated heterocycles. The average Bonchev–Trinajstić information content (AvgIpc) is 2.07. The third-order valence-corrected chi connectivity index (χ3v) is 2.22. The second-order valence-electron chi connectivity index (χ2n) is 3.58. The first-order valence-corrected chi connectivity index (χ1v) is 4.59. The fourth-order valence-corrected chi connectivity index (χ4v) is 1.48. The van der Waals surface area contributed by atoms with Gasteiger partial charge in [-0.05, 0) is 37.5 Å². The van der Waals surface area contributed by atoms with E-state index in [9.17, 15) is 4.79 Å². The Morgan fingerprint density at radius 2 is 2.21 bits per heavy atom. The molecule has 1 unspecified atom stereocenters. The van der Waals surface area contributed by atoms with Crippen LogP contribution in [0.4, 0.5) is 0 Å². The lowest BCUT2D eigenvalue weighted by molar-refractivity contribution is 0.0696. The highest BCUT2D eigenvalue weighted by atomic mass is 16.4. The molecule has 0 fully saturated rings. The molecule has 0 amide bonds. The Balaban J connectivity index is 3.07. The molecule has 0 heterocycles. The van der Waals surface area contributed by atoms with Gasteiger partial charge in [0.05, 0.1) is 5.56 Å². The molecule has 0 aliphatic rings. The molecule has 1 rings (SSSR count). The Hall–Kier alpha value is -1.35. The lowest BCUT2D eigenvalue weighted by atomic mass is 9.98. The maximum absolute atomic E-state index is 10.8. The minimum Gasteiger partial charge on any atom is -0.478 e. The smallest absolute Gasteiger partial charge is 0.335 e. The summed E-state index contributed by atoms with van der Waals surface area (Å²) in [5.41, 5.74) is 7.87. The van der Waals surface area contributed by atoms with Crippen LogP contribution in [0, 0.1) is 6.92 Å². The van der Waals surface area contributed by atoms with Crippen LogP contribution in [0.25, 0.3) is 0 Å². The molecule has 3 nitrogen and oxygen atoms in total. The first-order valence-electron chi connectivity index (χ1n) is 4.59. The van der Waals surface area contributed by atoms with Gasteiger partial charge in [-0.15, -0.1) is 0 Å². The van der Waals surface area contributed by atoms with Gasteiger partial charge in [-0.2, -0.15) is 0 Å². The van der Waals surface area contributed by atoms with Crippen LogP contribution in [-0.4, -0.2) is 17.1 Å². The third kappa shape index (κ3) is 2.33. The highest BCUT2D eigenvalue weighted by Gasteiger charge is 2.10. The fraction of sp³-hybridized carbons (Fsp3) is 0.364. The van der Waals surface area contributed by atoms with Crippen molar-refractivity contribution in [1.29, 1.82) is 0 Å². The number of hydrogen-bond donors (Lipinski definition) is 2. The molecule has 14 heavy (non-hydrogen) atoms. The molecule has 0 spiro atoms. The van der Waals surface area contributed by atoms with Gasteiger partial charge >= 0.3 is 5.97 Å². The van der Waals surface area contributed by atoms with Gasteiger partial charge < -0.3 is 10.8 Å². The molecular weight excluding hydrogens is 178 g/mol. The van der Waals surface area contributed by atoms with Crippen molar-refractivity contribution in [3.8, 4) is 0 Å². The zero-order valence-electron chi connectivity index (χ0n) is 8.45. The summed E-state index contributed by atoms with van der Waals surface area (Å²) in [5.74, 6) is -0.881. The Bertz CT molecular complexity index is 345. The molecule has 0 aromatic heterocycles. The van der Waals surface area contributed by atoms with Gasteiger partial charge in [-0.25, -0.2) is 4.79 Å². The molecule has 3 heteroatoms. The predicted molar refractivity (Wildman–Crippen MR) is 55.5 cm³/mol. The molecule has 1 atom stereocenters. The lowest BCUT2D eigenvalue weighted by Crippen LogP contribution is -2.19. The molecule has 3 N–H and O–H groups in total. The van der Waals surface area contributed by atoms with E-state index in [1.165, 1.54) is 0 Å². The monoisotopic (exact) mass is 193 g/mol. The second-order valence-corrected chi connectivity index (χ2v) is 3.58. The van der Waals surface area contributed by atoms with Gasteiger partial charge in [-0.1, -0.05) is 12.1 Å². The molecule has 0 radical (unpaired) electrons. The number of rotatable bonds is 3. The van der Waals surface area contributed by atoms with Crippen molar-refractivity contribution < 1.29 is 9.90 Å². The molecule has 0 bridgehead atoms. The Kier molecular flexibility index (Phi) is 3.25. The highest BCUT2D eigenvalue weighted by Crippen LogP contribution is 2.15. The van der Waals surface area contributed by atoms with Crippen LogP contribution in [0.3, 0.4) is 0 Å². The molecule has 76 valence electrons. The lowest BCUT2D eigenvalue weighted by Gasteiger charge is -2.10. The van der Waals surface area contributed by atoms with E-state index in [1.54, 1.807) is 12.1 Å².